The minimum atomic E-state index is -0.101. The van der Waals surface area contributed by atoms with Crippen LogP contribution in [0.4, 0.5) is 0 Å². The summed E-state index contributed by atoms with van der Waals surface area (Å²) in [5.74, 6) is -0.202. The molecule has 2 heterocycles. The summed E-state index contributed by atoms with van der Waals surface area (Å²) in [6.07, 6.45) is 7.45. The van der Waals surface area contributed by atoms with Gasteiger partial charge in [0.25, 0.3) is 11.8 Å². The van der Waals surface area contributed by atoms with E-state index >= 15 is 0 Å². The molecule has 0 bridgehead atoms. The molecule has 22 heavy (non-hydrogen) atoms. The second-order valence-electron chi connectivity index (χ2n) is 6.76. The smallest absolute Gasteiger partial charge is 0.261 e. The van der Waals surface area contributed by atoms with Crippen molar-refractivity contribution in [2.45, 2.75) is 50.6 Å². The number of fused-ring (bicyclic) bond motifs is 1. The highest BCUT2D eigenvalue weighted by Gasteiger charge is 2.42. The Morgan fingerprint density at radius 3 is 2.09 bits per heavy atom. The number of hydrogen-bond acceptors (Lipinski definition) is 3. The van der Waals surface area contributed by atoms with E-state index in [9.17, 15) is 9.59 Å². The first kappa shape index (κ1) is 13.9. The van der Waals surface area contributed by atoms with Crippen LogP contribution in [-0.2, 0) is 0 Å². The molecule has 2 aliphatic heterocycles. The molecule has 1 unspecified atom stereocenters. The van der Waals surface area contributed by atoms with E-state index in [0.29, 0.717) is 17.2 Å². The van der Waals surface area contributed by atoms with Crippen molar-refractivity contribution in [3.05, 3.63) is 35.4 Å². The van der Waals surface area contributed by atoms with Crippen molar-refractivity contribution in [1.29, 1.82) is 0 Å². The fourth-order valence-corrected chi connectivity index (χ4v) is 4.30. The summed E-state index contributed by atoms with van der Waals surface area (Å²) < 4.78 is 0. The quantitative estimate of drug-likeness (QED) is 0.788. The maximum absolute atomic E-state index is 12.6. The first-order valence-electron chi connectivity index (χ1n) is 8.46. The van der Waals surface area contributed by atoms with Gasteiger partial charge in [-0.1, -0.05) is 31.4 Å². The van der Waals surface area contributed by atoms with Crippen LogP contribution in [0, 0.1) is 0 Å². The molecule has 1 aromatic carbocycles. The summed E-state index contributed by atoms with van der Waals surface area (Å²) in [6.45, 7) is 1.87. The van der Waals surface area contributed by atoms with Gasteiger partial charge in [-0.05, 0) is 31.4 Å². The number of amides is 2. The van der Waals surface area contributed by atoms with Crippen molar-refractivity contribution in [2.24, 2.45) is 0 Å². The van der Waals surface area contributed by atoms with Gasteiger partial charge in [0.05, 0.1) is 17.2 Å². The van der Waals surface area contributed by atoms with Gasteiger partial charge in [0.2, 0.25) is 0 Å². The predicted molar refractivity (Wildman–Crippen MR) is 83.8 cm³/mol. The number of carbonyl (C=O) groups is 2. The Bertz CT molecular complexity index is 572. The van der Waals surface area contributed by atoms with E-state index in [4.69, 9.17) is 0 Å². The van der Waals surface area contributed by atoms with E-state index in [0.717, 1.165) is 19.5 Å². The predicted octanol–water partition coefficient (Wildman–Crippen LogP) is 2.69. The van der Waals surface area contributed by atoms with E-state index in [-0.39, 0.29) is 17.9 Å². The molecule has 0 radical (unpaired) electrons. The minimum Gasteiger partial charge on any atom is -0.298 e. The first-order valence-corrected chi connectivity index (χ1v) is 8.46. The zero-order valence-electron chi connectivity index (χ0n) is 12.8. The van der Waals surface area contributed by atoms with Crippen molar-refractivity contribution in [1.82, 2.24) is 9.80 Å². The van der Waals surface area contributed by atoms with Crippen LogP contribution in [0.3, 0.4) is 0 Å². The van der Waals surface area contributed by atoms with Gasteiger partial charge in [0, 0.05) is 19.1 Å². The summed E-state index contributed by atoms with van der Waals surface area (Å²) in [4.78, 5) is 29.2. The SMILES string of the molecule is O=C1c2ccccc2C(=O)N1C1CCN(C2CCCCC2)C1. The molecule has 2 amide bonds. The zero-order chi connectivity index (χ0) is 15.1. The number of likely N-dealkylation sites (tertiary alicyclic amines) is 1. The second kappa shape index (κ2) is 5.51. The number of hydrogen-bond donors (Lipinski definition) is 0. The fourth-order valence-electron chi connectivity index (χ4n) is 4.30. The molecule has 4 heteroatoms. The average molecular weight is 298 g/mol. The number of carbonyl (C=O) groups excluding carboxylic acids is 2. The lowest BCUT2D eigenvalue weighted by Crippen LogP contribution is -2.43. The Kier molecular flexibility index (Phi) is 3.49. The molecule has 1 aromatic rings. The van der Waals surface area contributed by atoms with Crippen molar-refractivity contribution < 1.29 is 9.59 Å². The third kappa shape index (κ3) is 2.17. The summed E-state index contributed by atoms with van der Waals surface area (Å²) >= 11 is 0. The summed E-state index contributed by atoms with van der Waals surface area (Å²) in [7, 11) is 0. The average Bonchev–Trinajstić information content (AvgIpc) is 3.13. The van der Waals surface area contributed by atoms with E-state index in [1.54, 1.807) is 12.1 Å². The molecule has 1 saturated carbocycles. The Hall–Kier alpha value is -1.68. The van der Waals surface area contributed by atoms with Gasteiger partial charge in [0.15, 0.2) is 0 Å². The van der Waals surface area contributed by atoms with E-state index < -0.39 is 0 Å². The highest BCUT2D eigenvalue weighted by atomic mass is 16.2. The molecular weight excluding hydrogens is 276 g/mol. The third-order valence-electron chi connectivity index (χ3n) is 5.48. The lowest BCUT2D eigenvalue weighted by atomic mass is 9.94. The third-order valence-corrected chi connectivity index (χ3v) is 5.48. The van der Waals surface area contributed by atoms with Crippen LogP contribution >= 0.6 is 0 Å². The highest BCUT2D eigenvalue weighted by molar-refractivity contribution is 6.21. The number of rotatable bonds is 2. The maximum Gasteiger partial charge on any atom is 0.261 e. The maximum atomic E-state index is 12.6. The monoisotopic (exact) mass is 298 g/mol. The molecule has 0 aromatic heterocycles. The molecule has 1 aliphatic carbocycles. The number of nitrogens with zero attached hydrogens (tertiary/aromatic N) is 2. The minimum absolute atomic E-state index is 0.0503. The Morgan fingerprint density at radius 1 is 0.818 bits per heavy atom. The van der Waals surface area contributed by atoms with Crippen LogP contribution in [0.15, 0.2) is 24.3 Å². The molecule has 1 atom stereocenters. The summed E-state index contributed by atoms with van der Waals surface area (Å²) in [5.41, 5.74) is 1.15. The number of benzene rings is 1. The molecule has 4 rings (SSSR count). The van der Waals surface area contributed by atoms with E-state index in [2.05, 4.69) is 4.90 Å². The summed E-state index contributed by atoms with van der Waals surface area (Å²) in [5, 5.41) is 0. The van der Waals surface area contributed by atoms with Gasteiger partial charge >= 0.3 is 0 Å². The normalized spacial score (nSPS) is 26.7. The van der Waals surface area contributed by atoms with Crippen molar-refractivity contribution in [3.63, 3.8) is 0 Å². The Labute approximate surface area is 131 Å². The van der Waals surface area contributed by atoms with Crippen molar-refractivity contribution in [3.8, 4) is 0 Å². The standard InChI is InChI=1S/C18H22N2O2/c21-17-15-8-4-5-9-16(15)18(22)20(17)14-10-11-19(12-14)13-6-2-1-3-7-13/h4-5,8-9,13-14H,1-3,6-7,10-12H2. The van der Waals surface area contributed by atoms with Crippen LogP contribution in [0.1, 0.15) is 59.2 Å². The number of imide groups is 1. The highest BCUT2D eigenvalue weighted by Crippen LogP contribution is 2.31. The molecule has 1 saturated heterocycles. The Morgan fingerprint density at radius 2 is 1.45 bits per heavy atom. The van der Waals surface area contributed by atoms with Gasteiger partial charge in [0.1, 0.15) is 0 Å². The first-order chi connectivity index (χ1) is 10.8. The van der Waals surface area contributed by atoms with Crippen LogP contribution < -0.4 is 0 Å². The van der Waals surface area contributed by atoms with Gasteiger partial charge in [-0.15, -0.1) is 0 Å². The van der Waals surface area contributed by atoms with E-state index in [1.807, 2.05) is 12.1 Å². The Balaban J connectivity index is 1.50. The molecule has 4 nitrogen and oxygen atoms in total. The zero-order valence-corrected chi connectivity index (χ0v) is 12.8. The van der Waals surface area contributed by atoms with Gasteiger partial charge < -0.3 is 0 Å². The molecule has 0 N–H and O–H groups in total. The largest absolute Gasteiger partial charge is 0.298 e. The van der Waals surface area contributed by atoms with Crippen LogP contribution in [0.5, 0.6) is 0 Å². The van der Waals surface area contributed by atoms with Gasteiger partial charge in [-0.25, -0.2) is 0 Å². The van der Waals surface area contributed by atoms with Crippen LogP contribution in [-0.4, -0.2) is 46.8 Å². The lowest BCUT2D eigenvalue weighted by molar-refractivity contribution is 0.0580. The molecular formula is C18H22N2O2. The second-order valence-corrected chi connectivity index (χ2v) is 6.76. The molecule has 2 fully saturated rings. The van der Waals surface area contributed by atoms with Crippen LogP contribution in [0.25, 0.3) is 0 Å². The van der Waals surface area contributed by atoms with Crippen LogP contribution in [0.2, 0.25) is 0 Å². The van der Waals surface area contributed by atoms with E-state index in [1.165, 1.54) is 37.0 Å². The van der Waals surface area contributed by atoms with Gasteiger partial charge in [-0.3, -0.25) is 19.4 Å². The van der Waals surface area contributed by atoms with Crippen molar-refractivity contribution >= 4 is 11.8 Å². The van der Waals surface area contributed by atoms with Gasteiger partial charge in [-0.2, -0.15) is 0 Å². The van der Waals surface area contributed by atoms with Crippen molar-refractivity contribution in [2.75, 3.05) is 13.1 Å². The molecule has 0 spiro atoms. The molecule has 116 valence electrons. The lowest BCUT2D eigenvalue weighted by Gasteiger charge is -2.31. The fraction of sp³-hybridized carbons (Fsp3) is 0.556. The topological polar surface area (TPSA) is 40.6 Å². The summed E-state index contributed by atoms with van der Waals surface area (Å²) in [6, 6.07) is 7.91. The molecule has 3 aliphatic rings.